The van der Waals surface area contributed by atoms with Crippen molar-refractivity contribution in [2.24, 2.45) is 5.92 Å². The Morgan fingerprint density at radius 2 is 1.93 bits per heavy atom. The standard InChI is InChI=1S/C21H21F3O3.C2H4/c1-5-13-6-7-16(26-10-13)15-9-14-8-11(2)20(17(22)12(3)25-4)27-21(14)19(24)18(15)23;1-2/h5,9,13,16H,1-3,6-8,10H2,4H3;1-2H2/b20-17-;. The Labute approximate surface area is 169 Å². The zero-order valence-corrected chi connectivity index (χ0v) is 16.5. The Kier molecular flexibility index (Phi) is 7.51. The molecule has 0 saturated carbocycles. The normalized spacial score (nSPS) is 22.4. The lowest BCUT2D eigenvalue weighted by atomic mass is 9.91. The summed E-state index contributed by atoms with van der Waals surface area (Å²) >= 11 is 0. The van der Waals surface area contributed by atoms with Crippen molar-refractivity contribution < 1.29 is 27.4 Å². The van der Waals surface area contributed by atoms with E-state index in [-0.39, 0.29) is 40.7 Å². The van der Waals surface area contributed by atoms with Gasteiger partial charge in [-0.15, -0.1) is 19.7 Å². The molecule has 0 aromatic heterocycles. The van der Waals surface area contributed by atoms with E-state index in [0.717, 1.165) is 6.42 Å². The van der Waals surface area contributed by atoms with Crippen molar-refractivity contribution in [1.29, 1.82) is 0 Å². The van der Waals surface area contributed by atoms with E-state index in [0.29, 0.717) is 18.6 Å². The topological polar surface area (TPSA) is 27.7 Å². The molecule has 2 atom stereocenters. The van der Waals surface area contributed by atoms with Crippen LogP contribution in [0.25, 0.3) is 0 Å². The summed E-state index contributed by atoms with van der Waals surface area (Å²) in [6, 6.07) is 1.51. The van der Waals surface area contributed by atoms with Crippen LogP contribution < -0.4 is 4.74 Å². The van der Waals surface area contributed by atoms with E-state index in [9.17, 15) is 13.2 Å². The summed E-state index contributed by atoms with van der Waals surface area (Å²) in [5, 5.41) is 0. The predicted molar refractivity (Wildman–Crippen MR) is 107 cm³/mol. The van der Waals surface area contributed by atoms with Crippen LogP contribution in [0.4, 0.5) is 13.2 Å². The summed E-state index contributed by atoms with van der Waals surface area (Å²) in [7, 11) is 1.25. The fourth-order valence-corrected chi connectivity index (χ4v) is 3.26. The summed E-state index contributed by atoms with van der Waals surface area (Å²) in [5.41, 5.74) is 0.814. The summed E-state index contributed by atoms with van der Waals surface area (Å²) in [4.78, 5) is 0. The molecular formula is C23H25F3O3. The molecule has 1 fully saturated rings. The van der Waals surface area contributed by atoms with E-state index in [1.54, 1.807) is 6.08 Å². The van der Waals surface area contributed by atoms with E-state index in [2.05, 4.69) is 32.9 Å². The number of methoxy groups -OCH3 is 1. The maximum Gasteiger partial charge on any atom is 0.207 e. The van der Waals surface area contributed by atoms with Crippen LogP contribution in [0.3, 0.4) is 0 Å². The summed E-state index contributed by atoms with van der Waals surface area (Å²) in [6.45, 7) is 17.3. The van der Waals surface area contributed by atoms with Gasteiger partial charge in [0.1, 0.15) is 0 Å². The molecule has 3 nitrogen and oxygen atoms in total. The highest BCUT2D eigenvalue weighted by molar-refractivity contribution is 5.51. The van der Waals surface area contributed by atoms with Crippen LogP contribution in [0.15, 0.2) is 68.0 Å². The molecule has 1 aromatic carbocycles. The molecular weight excluding hydrogens is 381 g/mol. The summed E-state index contributed by atoms with van der Waals surface area (Å²) in [6.07, 6.45) is 2.71. The maximum atomic E-state index is 14.7. The maximum absolute atomic E-state index is 14.7. The van der Waals surface area contributed by atoms with E-state index in [1.165, 1.54) is 13.2 Å². The number of rotatable bonds is 4. The van der Waals surface area contributed by atoms with Gasteiger partial charge in [-0.25, -0.2) is 4.39 Å². The zero-order chi connectivity index (χ0) is 21.7. The van der Waals surface area contributed by atoms with Crippen molar-refractivity contribution in [2.45, 2.75) is 25.4 Å². The van der Waals surface area contributed by atoms with Crippen molar-refractivity contribution in [3.05, 3.63) is 90.7 Å². The van der Waals surface area contributed by atoms with Gasteiger partial charge in [-0.3, -0.25) is 0 Å². The molecule has 0 spiro atoms. The molecule has 0 radical (unpaired) electrons. The van der Waals surface area contributed by atoms with Gasteiger partial charge in [0, 0.05) is 23.5 Å². The van der Waals surface area contributed by atoms with Gasteiger partial charge in [-0.05, 0) is 24.5 Å². The minimum atomic E-state index is -1.17. The Balaban J connectivity index is 0.00000145. The van der Waals surface area contributed by atoms with Gasteiger partial charge in [-0.2, -0.15) is 8.78 Å². The van der Waals surface area contributed by atoms with Crippen LogP contribution in [-0.2, 0) is 15.9 Å². The molecule has 1 saturated heterocycles. The molecule has 3 rings (SSSR count). The van der Waals surface area contributed by atoms with Crippen LogP contribution in [-0.4, -0.2) is 13.7 Å². The SMILES string of the molecule is C=C.C=CC1CCC(c2cc3c(c(F)c2F)O/C(=C(\F)C(=C)OC)C(=C)C3)OC1. The molecule has 1 aromatic rings. The third kappa shape index (κ3) is 4.48. The number of hydrogen-bond acceptors (Lipinski definition) is 3. The fraction of sp³-hybridized carbons (Fsp3) is 0.304. The quantitative estimate of drug-likeness (QED) is 0.437. The molecule has 2 aliphatic heterocycles. The number of benzene rings is 1. The Hall–Kier alpha value is -2.73. The molecule has 0 N–H and O–H groups in total. The second-order valence-corrected chi connectivity index (χ2v) is 6.63. The minimum Gasteiger partial charge on any atom is -0.494 e. The van der Waals surface area contributed by atoms with Crippen molar-refractivity contribution in [3.63, 3.8) is 0 Å². The van der Waals surface area contributed by atoms with Crippen LogP contribution >= 0.6 is 0 Å². The lowest BCUT2D eigenvalue weighted by Crippen LogP contribution is -2.21. The first-order valence-electron chi connectivity index (χ1n) is 9.11. The highest BCUT2D eigenvalue weighted by Crippen LogP contribution is 2.42. The third-order valence-electron chi connectivity index (χ3n) is 4.88. The molecule has 29 heavy (non-hydrogen) atoms. The lowest BCUT2D eigenvalue weighted by Gasteiger charge is -2.30. The van der Waals surface area contributed by atoms with Gasteiger partial charge >= 0.3 is 0 Å². The van der Waals surface area contributed by atoms with E-state index in [4.69, 9.17) is 14.2 Å². The first kappa shape index (κ1) is 22.6. The monoisotopic (exact) mass is 406 g/mol. The smallest absolute Gasteiger partial charge is 0.207 e. The average molecular weight is 406 g/mol. The van der Waals surface area contributed by atoms with Crippen molar-refractivity contribution in [2.75, 3.05) is 13.7 Å². The zero-order valence-electron chi connectivity index (χ0n) is 16.5. The van der Waals surface area contributed by atoms with Crippen molar-refractivity contribution >= 4 is 0 Å². The number of allylic oxidation sites excluding steroid dienone is 2. The second-order valence-electron chi connectivity index (χ2n) is 6.63. The minimum absolute atomic E-state index is 0.112. The highest BCUT2D eigenvalue weighted by atomic mass is 19.2. The third-order valence-corrected chi connectivity index (χ3v) is 4.88. The Morgan fingerprint density at radius 3 is 2.48 bits per heavy atom. The fourth-order valence-electron chi connectivity index (χ4n) is 3.26. The van der Waals surface area contributed by atoms with Crippen molar-refractivity contribution in [3.8, 4) is 5.75 Å². The second kappa shape index (κ2) is 9.65. The van der Waals surface area contributed by atoms with Gasteiger partial charge in [0.15, 0.2) is 23.1 Å². The van der Waals surface area contributed by atoms with Gasteiger partial charge in [0.2, 0.25) is 11.6 Å². The summed E-state index contributed by atoms with van der Waals surface area (Å²) in [5.74, 6) is -3.84. The number of fused-ring (bicyclic) bond motifs is 1. The molecule has 0 amide bonds. The van der Waals surface area contributed by atoms with Crippen molar-refractivity contribution in [1.82, 2.24) is 0 Å². The van der Waals surface area contributed by atoms with Gasteiger partial charge in [-0.1, -0.05) is 19.2 Å². The number of hydrogen-bond donors (Lipinski definition) is 0. The largest absolute Gasteiger partial charge is 0.494 e. The van der Waals surface area contributed by atoms with Crippen LogP contribution in [0, 0.1) is 17.6 Å². The molecule has 2 aliphatic rings. The summed E-state index contributed by atoms with van der Waals surface area (Å²) < 4.78 is 59.4. The Bertz CT molecular complexity index is 849. The number of ether oxygens (including phenoxy) is 3. The van der Waals surface area contributed by atoms with Gasteiger partial charge in [0.25, 0.3) is 0 Å². The molecule has 2 heterocycles. The first-order valence-corrected chi connectivity index (χ1v) is 9.11. The lowest BCUT2D eigenvalue weighted by molar-refractivity contribution is -0.00746. The molecule has 0 aliphatic carbocycles. The van der Waals surface area contributed by atoms with E-state index < -0.39 is 23.6 Å². The molecule has 156 valence electrons. The van der Waals surface area contributed by atoms with E-state index in [1.807, 2.05) is 0 Å². The molecule has 0 bridgehead atoms. The molecule has 6 heteroatoms. The average Bonchev–Trinajstić information content (AvgIpc) is 2.76. The van der Waals surface area contributed by atoms with Crippen LogP contribution in [0.2, 0.25) is 0 Å². The van der Waals surface area contributed by atoms with Gasteiger partial charge in [0.05, 0.1) is 19.8 Å². The Morgan fingerprint density at radius 1 is 1.24 bits per heavy atom. The highest BCUT2D eigenvalue weighted by Gasteiger charge is 2.32. The predicted octanol–water partition coefficient (Wildman–Crippen LogP) is 6.25. The van der Waals surface area contributed by atoms with E-state index >= 15 is 0 Å². The first-order chi connectivity index (χ1) is 13.9. The number of halogens is 3. The molecule has 2 unspecified atom stereocenters. The van der Waals surface area contributed by atoms with Gasteiger partial charge < -0.3 is 14.2 Å². The van der Waals surface area contributed by atoms with Crippen LogP contribution in [0.5, 0.6) is 5.75 Å². The van der Waals surface area contributed by atoms with Crippen LogP contribution in [0.1, 0.15) is 30.1 Å².